The molecule has 2 saturated heterocycles. The van der Waals surface area contributed by atoms with Gasteiger partial charge in [-0.15, -0.1) is 0 Å². The highest BCUT2D eigenvalue weighted by atomic mass is 19.4. The van der Waals surface area contributed by atoms with Crippen LogP contribution in [0.4, 0.5) is 13.2 Å². The number of alkyl halides is 3. The van der Waals surface area contributed by atoms with E-state index >= 15 is 0 Å². The Morgan fingerprint density at radius 3 is 2.32 bits per heavy atom. The molecule has 1 aliphatic carbocycles. The molecule has 1 aromatic rings. The van der Waals surface area contributed by atoms with E-state index in [2.05, 4.69) is 17.0 Å². The van der Waals surface area contributed by atoms with Gasteiger partial charge in [0.05, 0.1) is 12.5 Å². The van der Waals surface area contributed by atoms with Gasteiger partial charge in [0.25, 0.3) is 6.47 Å². The second-order valence-corrected chi connectivity index (χ2v) is 8.84. The van der Waals surface area contributed by atoms with E-state index in [1.165, 1.54) is 6.42 Å². The summed E-state index contributed by atoms with van der Waals surface area (Å²) in [5.74, 6) is 0.888. The summed E-state index contributed by atoms with van der Waals surface area (Å²) in [4.78, 5) is 25.7. The number of amides is 1. The Hall–Kier alpha value is -2.09. The van der Waals surface area contributed by atoms with Gasteiger partial charge in [-0.1, -0.05) is 49.6 Å². The Kier molecular flexibility index (Phi) is 7.97. The van der Waals surface area contributed by atoms with Gasteiger partial charge in [0.2, 0.25) is 5.91 Å². The largest absolute Gasteiger partial charge is 0.483 e. The maximum atomic E-state index is 13.3. The second-order valence-electron chi connectivity index (χ2n) is 8.84. The van der Waals surface area contributed by atoms with Crippen molar-refractivity contribution < 1.29 is 27.9 Å². The van der Waals surface area contributed by atoms with Gasteiger partial charge in [-0.3, -0.25) is 9.59 Å². The minimum atomic E-state index is -4.11. The summed E-state index contributed by atoms with van der Waals surface area (Å²) in [7, 11) is 0. The SMILES string of the molecule is O=C(C1CCCCC1)N1C[C@@H]2CN(CCC(F)(F)F)C[C@@H]2[C@H]1c1ccccc1.O=CO. The molecule has 0 spiro atoms. The van der Waals surface area contributed by atoms with Gasteiger partial charge < -0.3 is 14.9 Å². The fourth-order valence-electron chi connectivity index (χ4n) is 5.49. The van der Waals surface area contributed by atoms with Crippen LogP contribution in [0.25, 0.3) is 0 Å². The van der Waals surface area contributed by atoms with Crippen LogP contribution in [0.2, 0.25) is 0 Å². The Balaban J connectivity index is 0.000000858. The summed E-state index contributed by atoms with van der Waals surface area (Å²) in [6.07, 6.45) is 0.544. The monoisotopic (exact) mass is 440 g/mol. The molecule has 1 saturated carbocycles. The topological polar surface area (TPSA) is 60.9 Å². The van der Waals surface area contributed by atoms with Crippen LogP contribution in [0.1, 0.15) is 50.1 Å². The van der Waals surface area contributed by atoms with Crippen molar-refractivity contribution in [2.75, 3.05) is 26.2 Å². The molecule has 1 N–H and O–H groups in total. The molecule has 8 heteroatoms. The highest BCUT2D eigenvalue weighted by molar-refractivity contribution is 5.80. The highest BCUT2D eigenvalue weighted by Gasteiger charge is 2.50. The maximum absolute atomic E-state index is 13.3. The lowest BCUT2D eigenvalue weighted by atomic mass is 9.87. The van der Waals surface area contributed by atoms with Crippen molar-refractivity contribution >= 4 is 12.4 Å². The summed E-state index contributed by atoms with van der Waals surface area (Å²) in [5, 5.41) is 6.89. The average molecular weight is 441 g/mol. The lowest BCUT2D eigenvalue weighted by Crippen LogP contribution is -2.40. The standard InChI is InChI=1S/C22H29F3N2O.CH2O2/c23-22(24,25)11-12-26-13-18-14-27(21(28)17-9-5-2-6-10-17)20(19(18)15-26)16-7-3-1-4-8-16;2-1-3/h1,3-4,7-8,17-20H,2,5-6,9-15H2;1H,(H,2,3)/t18-,19-,20+;/m0./s1. The Morgan fingerprint density at radius 1 is 1.06 bits per heavy atom. The van der Waals surface area contributed by atoms with E-state index in [1.807, 2.05) is 23.1 Å². The van der Waals surface area contributed by atoms with E-state index in [0.717, 1.165) is 31.2 Å². The number of carbonyl (C=O) groups excluding carboxylic acids is 1. The van der Waals surface area contributed by atoms with Gasteiger partial charge in [-0.05, 0) is 24.3 Å². The molecule has 3 fully saturated rings. The van der Waals surface area contributed by atoms with Crippen molar-refractivity contribution in [3.63, 3.8) is 0 Å². The Morgan fingerprint density at radius 2 is 1.71 bits per heavy atom. The number of hydrogen-bond donors (Lipinski definition) is 1. The van der Waals surface area contributed by atoms with Crippen LogP contribution < -0.4 is 0 Å². The number of fused-ring (bicyclic) bond motifs is 1. The van der Waals surface area contributed by atoms with E-state index in [4.69, 9.17) is 9.90 Å². The van der Waals surface area contributed by atoms with Gasteiger partial charge in [0.1, 0.15) is 0 Å². The van der Waals surface area contributed by atoms with E-state index in [9.17, 15) is 18.0 Å². The molecule has 3 aliphatic rings. The first kappa shape index (κ1) is 23.6. The van der Waals surface area contributed by atoms with Gasteiger partial charge in [-0.2, -0.15) is 13.2 Å². The molecule has 1 amide bonds. The molecule has 0 bridgehead atoms. The predicted octanol–water partition coefficient (Wildman–Crippen LogP) is 4.35. The lowest BCUT2D eigenvalue weighted by molar-refractivity contribution is -0.138. The average Bonchev–Trinajstić information content (AvgIpc) is 3.30. The number of carbonyl (C=O) groups is 2. The van der Waals surface area contributed by atoms with Crippen molar-refractivity contribution in [3.8, 4) is 0 Å². The third kappa shape index (κ3) is 5.99. The third-order valence-corrected chi connectivity index (χ3v) is 6.83. The first-order chi connectivity index (χ1) is 14.8. The van der Waals surface area contributed by atoms with Crippen molar-refractivity contribution in [2.24, 2.45) is 17.8 Å². The molecule has 3 atom stereocenters. The molecular weight excluding hydrogens is 409 g/mol. The zero-order valence-electron chi connectivity index (χ0n) is 17.6. The van der Waals surface area contributed by atoms with E-state index < -0.39 is 12.6 Å². The van der Waals surface area contributed by atoms with Crippen LogP contribution in [0.5, 0.6) is 0 Å². The molecule has 2 aliphatic heterocycles. The molecule has 0 unspecified atom stereocenters. The summed E-state index contributed by atoms with van der Waals surface area (Å²) < 4.78 is 37.9. The number of rotatable bonds is 4. The molecule has 4 rings (SSSR count). The van der Waals surface area contributed by atoms with Gasteiger partial charge >= 0.3 is 6.18 Å². The number of likely N-dealkylation sites (tertiary alicyclic amines) is 2. The summed E-state index contributed by atoms with van der Waals surface area (Å²) in [6, 6.07) is 10.1. The minimum Gasteiger partial charge on any atom is -0.483 e. The molecule has 172 valence electrons. The molecule has 31 heavy (non-hydrogen) atoms. The van der Waals surface area contributed by atoms with Crippen molar-refractivity contribution in [1.82, 2.24) is 9.80 Å². The highest BCUT2D eigenvalue weighted by Crippen LogP contribution is 2.46. The van der Waals surface area contributed by atoms with E-state index in [1.54, 1.807) is 0 Å². The number of benzene rings is 1. The van der Waals surface area contributed by atoms with Gasteiger partial charge in [0, 0.05) is 38.0 Å². The zero-order valence-corrected chi connectivity index (χ0v) is 17.6. The normalized spacial score (nSPS) is 26.8. The fourth-order valence-corrected chi connectivity index (χ4v) is 5.49. The van der Waals surface area contributed by atoms with Crippen molar-refractivity contribution in [2.45, 2.75) is 50.7 Å². The van der Waals surface area contributed by atoms with Crippen molar-refractivity contribution in [3.05, 3.63) is 35.9 Å². The predicted molar refractivity (Wildman–Crippen MR) is 110 cm³/mol. The van der Waals surface area contributed by atoms with Crippen LogP contribution in [-0.4, -0.2) is 59.6 Å². The number of halogens is 3. The Bertz CT molecular complexity index is 723. The van der Waals surface area contributed by atoms with Crippen molar-refractivity contribution in [1.29, 1.82) is 0 Å². The summed E-state index contributed by atoms with van der Waals surface area (Å²) >= 11 is 0. The van der Waals surface area contributed by atoms with Gasteiger partial charge in [-0.25, -0.2) is 0 Å². The molecule has 1 aromatic carbocycles. The molecular formula is C23H31F3N2O3. The summed E-state index contributed by atoms with van der Waals surface area (Å²) in [6.45, 7) is 1.81. The first-order valence-electron chi connectivity index (χ1n) is 11.1. The summed E-state index contributed by atoms with van der Waals surface area (Å²) in [5.41, 5.74) is 1.12. The van der Waals surface area contributed by atoms with Crippen LogP contribution in [-0.2, 0) is 9.59 Å². The molecule has 0 aromatic heterocycles. The van der Waals surface area contributed by atoms with E-state index in [-0.39, 0.29) is 42.7 Å². The lowest BCUT2D eigenvalue weighted by Gasteiger charge is -2.33. The number of hydrogen-bond acceptors (Lipinski definition) is 3. The quantitative estimate of drug-likeness (QED) is 0.707. The zero-order chi connectivity index (χ0) is 22.4. The molecule has 2 heterocycles. The first-order valence-corrected chi connectivity index (χ1v) is 11.1. The minimum absolute atomic E-state index is 0.00323. The fraction of sp³-hybridized carbons (Fsp3) is 0.652. The van der Waals surface area contributed by atoms with Crippen LogP contribution in [0.15, 0.2) is 30.3 Å². The third-order valence-electron chi connectivity index (χ3n) is 6.83. The molecule has 0 radical (unpaired) electrons. The number of carboxylic acid groups (broad SMARTS) is 1. The maximum Gasteiger partial charge on any atom is 0.390 e. The van der Waals surface area contributed by atoms with Gasteiger partial charge in [0.15, 0.2) is 0 Å². The van der Waals surface area contributed by atoms with Crippen LogP contribution >= 0.6 is 0 Å². The number of nitrogens with zero attached hydrogens (tertiary/aromatic N) is 2. The Labute approximate surface area is 181 Å². The van der Waals surface area contributed by atoms with Crippen LogP contribution in [0, 0.1) is 17.8 Å². The van der Waals surface area contributed by atoms with E-state index in [0.29, 0.717) is 19.6 Å². The smallest absolute Gasteiger partial charge is 0.390 e. The second kappa shape index (κ2) is 10.5. The molecule has 5 nitrogen and oxygen atoms in total. The van der Waals surface area contributed by atoms with Crippen LogP contribution in [0.3, 0.4) is 0 Å².